The van der Waals surface area contributed by atoms with E-state index in [0.29, 0.717) is 22.4 Å². The number of tetrazole rings is 1. The van der Waals surface area contributed by atoms with Crippen molar-refractivity contribution in [3.05, 3.63) is 48.3 Å². The van der Waals surface area contributed by atoms with Crippen LogP contribution in [0, 0.1) is 0 Å². The quantitative estimate of drug-likeness (QED) is 0.643. The summed E-state index contributed by atoms with van der Waals surface area (Å²) in [4.78, 5) is 4.30. The van der Waals surface area contributed by atoms with Gasteiger partial charge in [0.25, 0.3) is 0 Å². The fraction of sp³-hybridized carbons (Fsp3) is 0.200. The molecule has 2 aromatic heterocycles. The lowest BCUT2D eigenvalue weighted by atomic mass is 10.3. The number of pyridine rings is 1. The smallest absolute Gasteiger partial charge is 0.214 e. The SMILES string of the molecule is COc1ccc(OC)c(-n2nnnc2SCc2ccccn2)c1. The molecule has 2 heterocycles. The summed E-state index contributed by atoms with van der Waals surface area (Å²) < 4.78 is 12.3. The Kier molecular flexibility index (Phi) is 4.72. The van der Waals surface area contributed by atoms with Crippen molar-refractivity contribution in [1.82, 2.24) is 25.2 Å². The molecule has 0 saturated heterocycles. The molecule has 0 saturated carbocycles. The largest absolute Gasteiger partial charge is 0.497 e. The summed E-state index contributed by atoms with van der Waals surface area (Å²) in [6, 6.07) is 11.3. The first kappa shape index (κ1) is 15.3. The number of nitrogens with zero attached hydrogens (tertiary/aromatic N) is 5. The molecule has 23 heavy (non-hydrogen) atoms. The third-order valence-electron chi connectivity index (χ3n) is 3.13. The predicted octanol–water partition coefficient (Wildman–Crippen LogP) is 2.37. The summed E-state index contributed by atoms with van der Waals surface area (Å²) >= 11 is 1.50. The van der Waals surface area contributed by atoms with Crippen molar-refractivity contribution in [3.63, 3.8) is 0 Å². The van der Waals surface area contributed by atoms with Gasteiger partial charge in [0.1, 0.15) is 17.2 Å². The summed E-state index contributed by atoms with van der Waals surface area (Å²) in [5.41, 5.74) is 1.69. The summed E-state index contributed by atoms with van der Waals surface area (Å²) in [5.74, 6) is 2.04. The van der Waals surface area contributed by atoms with Gasteiger partial charge < -0.3 is 9.47 Å². The van der Waals surface area contributed by atoms with Crippen molar-refractivity contribution in [2.45, 2.75) is 10.9 Å². The second kappa shape index (κ2) is 7.10. The van der Waals surface area contributed by atoms with E-state index in [2.05, 4.69) is 20.5 Å². The molecule has 3 aromatic rings. The van der Waals surface area contributed by atoms with E-state index in [4.69, 9.17) is 9.47 Å². The fourth-order valence-corrected chi connectivity index (χ4v) is 2.80. The van der Waals surface area contributed by atoms with Crippen LogP contribution in [-0.4, -0.2) is 39.4 Å². The van der Waals surface area contributed by atoms with Crippen molar-refractivity contribution in [2.75, 3.05) is 14.2 Å². The Labute approximate surface area is 137 Å². The molecule has 0 bridgehead atoms. The molecule has 7 nitrogen and oxygen atoms in total. The van der Waals surface area contributed by atoms with Gasteiger partial charge in [-0.3, -0.25) is 4.98 Å². The van der Waals surface area contributed by atoms with Gasteiger partial charge in [-0.2, -0.15) is 4.68 Å². The maximum atomic E-state index is 5.39. The molecule has 0 spiro atoms. The topological polar surface area (TPSA) is 75.0 Å². The molecule has 0 aliphatic carbocycles. The molecule has 0 fully saturated rings. The number of thioether (sulfide) groups is 1. The van der Waals surface area contributed by atoms with E-state index in [0.717, 1.165) is 11.4 Å². The van der Waals surface area contributed by atoms with E-state index < -0.39 is 0 Å². The van der Waals surface area contributed by atoms with Gasteiger partial charge in [-0.05, 0) is 34.7 Å². The average molecular weight is 329 g/mol. The molecule has 0 unspecified atom stereocenters. The van der Waals surface area contributed by atoms with Gasteiger partial charge in [-0.25, -0.2) is 0 Å². The van der Waals surface area contributed by atoms with E-state index in [1.54, 1.807) is 25.1 Å². The Bertz CT molecular complexity index is 779. The molecule has 0 radical (unpaired) electrons. The van der Waals surface area contributed by atoms with Gasteiger partial charge in [-0.15, -0.1) is 5.10 Å². The molecular formula is C15H15N5O2S. The summed E-state index contributed by atoms with van der Waals surface area (Å²) in [5, 5.41) is 12.6. The molecule has 0 atom stereocenters. The predicted molar refractivity (Wildman–Crippen MR) is 86.1 cm³/mol. The van der Waals surface area contributed by atoms with Crippen LogP contribution in [0.4, 0.5) is 0 Å². The fourth-order valence-electron chi connectivity index (χ4n) is 2.00. The number of hydrogen-bond acceptors (Lipinski definition) is 7. The molecule has 8 heteroatoms. The summed E-state index contributed by atoms with van der Waals surface area (Å²) in [7, 11) is 3.22. The minimum Gasteiger partial charge on any atom is -0.497 e. The van der Waals surface area contributed by atoms with Crippen molar-refractivity contribution in [2.24, 2.45) is 0 Å². The van der Waals surface area contributed by atoms with Crippen molar-refractivity contribution < 1.29 is 9.47 Å². The highest BCUT2D eigenvalue weighted by Gasteiger charge is 2.14. The Morgan fingerprint density at radius 3 is 2.78 bits per heavy atom. The Morgan fingerprint density at radius 1 is 1.13 bits per heavy atom. The monoisotopic (exact) mass is 329 g/mol. The molecule has 1 aromatic carbocycles. The van der Waals surface area contributed by atoms with E-state index in [1.807, 2.05) is 36.4 Å². The average Bonchev–Trinajstić information content (AvgIpc) is 3.08. The maximum Gasteiger partial charge on any atom is 0.214 e. The summed E-state index contributed by atoms with van der Waals surface area (Å²) in [6.07, 6.45) is 1.77. The zero-order valence-corrected chi connectivity index (χ0v) is 13.5. The van der Waals surface area contributed by atoms with Crippen LogP contribution in [-0.2, 0) is 5.75 Å². The number of methoxy groups -OCH3 is 2. The van der Waals surface area contributed by atoms with Crippen LogP contribution in [0.5, 0.6) is 11.5 Å². The lowest BCUT2D eigenvalue weighted by Crippen LogP contribution is -2.03. The van der Waals surface area contributed by atoms with E-state index in [-0.39, 0.29) is 0 Å². The normalized spacial score (nSPS) is 10.5. The minimum atomic E-state index is 0.655. The number of aromatic nitrogens is 5. The van der Waals surface area contributed by atoms with Crippen molar-refractivity contribution in [3.8, 4) is 17.2 Å². The Morgan fingerprint density at radius 2 is 2.04 bits per heavy atom. The lowest BCUT2D eigenvalue weighted by Gasteiger charge is -2.11. The second-order valence-electron chi connectivity index (χ2n) is 4.52. The van der Waals surface area contributed by atoms with Crippen LogP contribution in [0.15, 0.2) is 47.8 Å². The highest BCUT2D eigenvalue weighted by atomic mass is 32.2. The van der Waals surface area contributed by atoms with Gasteiger partial charge in [0.15, 0.2) is 0 Å². The highest BCUT2D eigenvalue weighted by Crippen LogP contribution is 2.30. The number of rotatable bonds is 6. The molecule has 3 rings (SSSR count). The zero-order valence-electron chi connectivity index (χ0n) is 12.7. The molecule has 0 amide bonds. The molecule has 118 valence electrons. The second-order valence-corrected chi connectivity index (χ2v) is 5.46. The molecule has 0 aliphatic heterocycles. The van der Waals surface area contributed by atoms with Crippen molar-refractivity contribution in [1.29, 1.82) is 0 Å². The standard InChI is InChI=1S/C15H15N5O2S/c1-21-12-6-7-14(22-2)13(9-12)20-15(17-18-19-20)23-10-11-5-3-4-8-16-11/h3-9H,10H2,1-2H3. The molecule has 0 N–H and O–H groups in total. The van der Waals surface area contributed by atoms with E-state index in [9.17, 15) is 0 Å². The van der Waals surface area contributed by atoms with Gasteiger partial charge in [-0.1, -0.05) is 17.8 Å². The Hall–Kier alpha value is -2.61. The van der Waals surface area contributed by atoms with Crippen LogP contribution in [0.3, 0.4) is 0 Å². The van der Waals surface area contributed by atoms with E-state index in [1.165, 1.54) is 11.8 Å². The maximum absolute atomic E-state index is 5.39. The van der Waals surface area contributed by atoms with Gasteiger partial charge in [0.2, 0.25) is 5.16 Å². The first-order valence-electron chi connectivity index (χ1n) is 6.85. The third kappa shape index (κ3) is 3.42. The van der Waals surface area contributed by atoms with Crippen LogP contribution in [0.25, 0.3) is 5.69 Å². The Balaban J connectivity index is 1.88. The number of hydrogen-bond donors (Lipinski definition) is 0. The van der Waals surface area contributed by atoms with E-state index >= 15 is 0 Å². The number of benzene rings is 1. The van der Waals surface area contributed by atoms with Crippen LogP contribution >= 0.6 is 11.8 Å². The number of ether oxygens (including phenoxy) is 2. The van der Waals surface area contributed by atoms with Crippen LogP contribution < -0.4 is 9.47 Å². The van der Waals surface area contributed by atoms with Gasteiger partial charge in [0.05, 0.1) is 19.9 Å². The lowest BCUT2D eigenvalue weighted by molar-refractivity contribution is 0.399. The third-order valence-corrected chi connectivity index (χ3v) is 4.08. The highest BCUT2D eigenvalue weighted by molar-refractivity contribution is 7.98. The summed E-state index contributed by atoms with van der Waals surface area (Å²) in [6.45, 7) is 0. The molecular weight excluding hydrogens is 314 g/mol. The first-order valence-corrected chi connectivity index (χ1v) is 7.84. The van der Waals surface area contributed by atoms with Gasteiger partial charge in [0, 0.05) is 18.0 Å². The zero-order chi connectivity index (χ0) is 16.1. The molecule has 0 aliphatic rings. The minimum absolute atomic E-state index is 0.655. The first-order chi connectivity index (χ1) is 11.3. The van der Waals surface area contributed by atoms with Crippen LogP contribution in [0.2, 0.25) is 0 Å². The van der Waals surface area contributed by atoms with Crippen molar-refractivity contribution >= 4 is 11.8 Å². The van der Waals surface area contributed by atoms with Gasteiger partial charge >= 0.3 is 0 Å². The van der Waals surface area contributed by atoms with Crippen LogP contribution in [0.1, 0.15) is 5.69 Å².